The molecule has 0 spiro atoms. The van der Waals surface area contributed by atoms with E-state index in [2.05, 4.69) is 19.2 Å². The van der Waals surface area contributed by atoms with Crippen LogP contribution in [0.15, 0.2) is 0 Å². The summed E-state index contributed by atoms with van der Waals surface area (Å²) in [6.07, 6.45) is 45.6. The van der Waals surface area contributed by atoms with Crippen LogP contribution in [0.3, 0.4) is 0 Å². The molecule has 1 saturated heterocycles. The first kappa shape index (κ1) is 64.2. The van der Waals surface area contributed by atoms with Crippen LogP contribution >= 0.6 is 0 Å². The van der Waals surface area contributed by atoms with Crippen molar-refractivity contribution in [1.82, 2.24) is 5.32 Å². The van der Waals surface area contributed by atoms with E-state index in [4.69, 9.17) is 9.47 Å². The third-order valence-electron chi connectivity index (χ3n) is 14.6. The van der Waals surface area contributed by atoms with Gasteiger partial charge in [-0.05, 0) is 12.8 Å². The quantitative estimate of drug-likeness (QED) is 0.0293. The highest BCUT2D eigenvalue weighted by atomic mass is 16.7. The van der Waals surface area contributed by atoms with Crippen LogP contribution in [0, 0.1) is 0 Å². The molecule has 1 rings (SSSR count). The highest BCUT2D eigenvalue weighted by Crippen LogP contribution is 2.24. The fourth-order valence-electron chi connectivity index (χ4n) is 9.85. The van der Waals surface area contributed by atoms with Crippen molar-refractivity contribution in [3.63, 3.8) is 0 Å². The topological polar surface area (TPSA) is 169 Å². The molecule has 10 nitrogen and oxygen atoms in total. The zero-order valence-corrected chi connectivity index (χ0v) is 44.1. The van der Waals surface area contributed by atoms with E-state index in [1.807, 2.05) is 0 Å². The lowest BCUT2D eigenvalue weighted by molar-refractivity contribution is -0.303. The summed E-state index contributed by atoms with van der Waals surface area (Å²) in [5, 5.41) is 65.5. The minimum atomic E-state index is -1.60. The van der Waals surface area contributed by atoms with Gasteiger partial charge < -0.3 is 45.4 Å². The molecule has 0 aromatic rings. The molecule has 10 heteroatoms. The number of amides is 1. The Morgan fingerprint density at radius 3 is 1.10 bits per heavy atom. The number of hydrogen-bond donors (Lipinski definition) is 7. The van der Waals surface area contributed by atoms with Gasteiger partial charge in [0.15, 0.2) is 6.29 Å². The lowest BCUT2D eigenvalue weighted by Crippen LogP contribution is -2.60. The maximum Gasteiger partial charge on any atom is 0.220 e. The number of aliphatic hydroxyl groups excluding tert-OH is 6. The number of ether oxygens (including phenoxy) is 2. The van der Waals surface area contributed by atoms with Gasteiger partial charge in [0.1, 0.15) is 30.5 Å². The fourth-order valence-corrected chi connectivity index (χ4v) is 9.85. The van der Waals surface area contributed by atoms with E-state index in [-0.39, 0.29) is 18.9 Å². The molecule has 0 bridgehead atoms. The van der Waals surface area contributed by atoms with Gasteiger partial charge in [-0.1, -0.05) is 277 Å². The fraction of sp³-hybridized carbons (Fsp3) is 0.982. The summed E-state index contributed by atoms with van der Waals surface area (Å²) < 4.78 is 11.2. The molecule has 8 atom stereocenters. The number of hydrogen-bond acceptors (Lipinski definition) is 9. The van der Waals surface area contributed by atoms with Crippen LogP contribution in [-0.2, 0) is 14.3 Å². The van der Waals surface area contributed by atoms with Gasteiger partial charge in [0.2, 0.25) is 5.91 Å². The molecule has 0 aromatic heterocycles. The maximum atomic E-state index is 13.1. The van der Waals surface area contributed by atoms with Crippen LogP contribution in [0.5, 0.6) is 0 Å². The third-order valence-corrected chi connectivity index (χ3v) is 14.6. The monoisotopic (exact) mass is 956 g/mol. The SMILES string of the molecule is CCCCCCCCCCCCCCCCCCCCCCCCCCCCCC(=O)N[C@@H](CO[C@@H]1O[C@H](CO)[C@H](O)C(O)C1O)[C@H](O)[C@H](O)CCCCCCCCCCCCCCCCC. The molecule has 1 aliphatic heterocycles. The first-order valence-electron chi connectivity index (χ1n) is 29.3. The second-order valence-corrected chi connectivity index (χ2v) is 20.9. The van der Waals surface area contributed by atoms with Gasteiger partial charge in [0.25, 0.3) is 0 Å². The number of unbranched alkanes of at least 4 members (excludes halogenated alkanes) is 40. The molecule has 67 heavy (non-hydrogen) atoms. The van der Waals surface area contributed by atoms with E-state index in [0.717, 1.165) is 38.5 Å². The van der Waals surface area contributed by atoms with Crippen molar-refractivity contribution in [3.05, 3.63) is 0 Å². The summed E-state index contributed by atoms with van der Waals surface area (Å²) in [7, 11) is 0. The molecule has 1 amide bonds. The Morgan fingerprint density at radius 2 is 0.776 bits per heavy atom. The highest BCUT2D eigenvalue weighted by Gasteiger charge is 2.44. The Kier molecular flexibility index (Phi) is 45.5. The van der Waals surface area contributed by atoms with Crippen LogP contribution in [0.1, 0.15) is 296 Å². The smallest absolute Gasteiger partial charge is 0.220 e. The van der Waals surface area contributed by atoms with E-state index in [0.29, 0.717) is 6.42 Å². The van der Waals surface area contributed by atoms with Gasteiger partial charge in [0.05, 0.1) is 25.4 Å². The molecular formula is C57H113NO9. The van der Waals surface area contributed by atoms with Gasteiger partial charge >= 0.3 is 0 Å². The predicted molar refractivity (Wildman–Crippen MR) is 278 cm³/mol. The van der Waals surface area contributed by atoms with Crippen molar-refractivity contribution in [2.24, 2.45) is 0 Å². The second kappa shape index (κ2) is 47.5. The summed E-state index contributed by atoms with van der Waals surface area (Å²) in [5.41, 5.74) is 0. The molecule has 0 saturated carbocycles. The minimum Gasteiger partial charge on any atom is -0.394 e. The average molecular weight is 957 g/mol. The molecule has 0 aromatic carbocycles. The Balaban J connectivity index is 2.20. The van der Waals surface area contributed by atoms with E-state index < -0.39 is 55.6 Å². The maximum absolute atomic E-state index is 13.1. The number of carbonyl (C=O) groups excluding carboxylic acids is 1. The van der Waals surface area contributed by atoms with Crippen LogP contribution in [0.4, 0.5) is 0 Å². The van der Waals surface area contributed by atoms with E-state index in [1.54, 1.807) is 0 Å². The number of rotatable bonds is 51. The van der Waals surface area contributed by atoms with Gasteiger partial charge in [-0.25, -0.2) is 0 Å². The van der Waals surface area contributed by atoms with E-state index >= 15 is 0 Å². The molecule has 400 valence electrons. The summed E-state index contributed by atoms with van der Waals surface area (Å²) >= 11 is 0. The van der Waals surface area contributed by atoms with Crippen LogP contribution in [-0.4, -0.2) is 98.7 Å². The normalized spacial score (nSPS) is 20.0. The Labute approximate surface area is 413 Å². The Bertz CT molecular complexity index is 1040. The highest BCUT2D eigenvalue weighted by molar-refractivity contribution is 5.76. The molecule has 7 N–H and O–H groups in total. The standard InChI is InChI=1S/C57H113NO9/c1-3-5-7-9-11-13-15-17-19-20-21-22-23-24-25-26-27-28-29-30-32-34-36-38-40-42-44-46-52(61)58-49(48-66-57-56(65)55(64)54(63)51(47-59)67-57)53(62)50(60)45-43-41-39-37-35-33-31-18-16-14-12-10-8-6-4-2/h49-51,53-57,59-60,62-65H,3-48H2,1-2H3,(H,58,61)/t49-,50+,51+,53-,54-,55?,56?,57+/m0/s1. The van der Waals surface area contributed by atoms with Crippen molar-refractivity contribution >= 4 is 5.91 Å². The molecular weight excluding hydrogens is 843 g/mol. The average Bonchev–Trinajstić information content (AvgIpc) is 3.33. The van der Waals surface area contributed by atoms with Crippen LogP contribution in [0.25, 0.3) is 0 Å². The summed E-state index contributed by atoms with van der Waals surface area (Å²) in [6.45, 7) is 3.66. The lowest BCUT2D eigenvalue weighted by atomic mass is 9.98. The third kappa shape index (κ3) is 36.7. The van der Waals surface area contributed by atoms with Gasteiger partial charge in [-0.2, -0.15) is 0 Å². The zero-order valence-electron chi connectivity index (χ0n) is 44.1. The largest absolute Gasteiger partial charge is 0.394 e. The summed E-state index contributed by atoms with van der Waals surface area (Å²) in [5.74, 6) is -0.250. The first-order valence-corrected chi connectivity index (χ1v) is 29.3. The van der Waals surface area contributed by atoms with Gasteiger partial charge in [0, 0.05) is 6.42 Å². The molecule has 2 unspecified atom stereocenters. The van der Waals surface area contributed by atoms with E-state index in [1.165, 1.54) is 231 Å². The number of nitrogens with one attached hydrogen (secondary N) is 1. The van der Waals surface area contributed by atoms with Crippen LogP contribution < -0.4 is 5.32 Å². The minimum absolute atomic E-state index is 0.250. The summed E-state index contributed by atoms with van der Waals surface area (Å²) in [6, 6.07) is -0.986. The van der Waals surface area contributed by atoms with Crippen molar-refractivity contribution in [3.8, 4) is 0 Å². The summed E-state index contributed by atoms with van der Waals surface area (Å²) in [4.78, 5) is 13.1. The zero-order chi connectivity index (χ0) is 48.8. The predicted octanol–water partition coefficient (Wildman–Crippen LogP) is 13.2. The Hall–Kier alpha value is -0.850. The first-order chi connectivity index (χ1) is 32.8. The molecule has 1 fully saturated rings. The molecule has 1 aliphatic rings. The molecule has 0 aliphatic carbocycles. The second-order valence-electron chi connectivity index (χ2n) is 20.9. The van der Waals surface area contributed by atoms with Crippen LogP contribution in [0.2, 0.25) is 0 Å². The lowest BCUT2D eigenvalue weighted by Gasteiger charge is -2.40. The van der Waals surface area contributed by atoms with E-state index in [9.17, 15) is 35.4 Å². The van der Waals surface area contributed by atoms with Crippen molar-refractivity contribution in [2.45, 2.75) is 345 Å². The van der Waals surface area contributed by atoms with Crippen molar-refractivity contribution in [1.29, 1.82) is 0 Å². The van der Waals surface area contributed by atoms with Gasteiger partial charge in [-0.3, -0.25) is 4.79 Å². The number of aliphatic hydroxyl groups is 6. The molecule has 1 heterocycles. The molecule has 0 radical (unpaired) electrons. The van der Waals surface area contributed by atoms with Crippen molar-refractivity contribution in [2.75, 3.05) is 13.2 Å². The van der Waals surface area contributed by atoms with Gasteiger partial charge in [-0.15, -0.1) is 0 Å². The number of carbonyl (C=O) groups is 1. The van der Waals surface area contributed by atoms with Crippen molar-refractivity contribution < 1.29 is 44.9 Å². The Morgan fingerprint density at radius 1 is 0.463 bits per heavy atom.